The average Bonchev–Trinajstić information content (AvgIpc) is 3.32. The Morgan fingerprint density at radius 1 is 1.21 bits per heavy atom. The fourth-order valence-electron chi connectivity index (χ4n) is 3.42. The van der Waals surface area contributed by atoms with Gasteiger partial charge in [0.2, 0.25) is 0 Å². The highest BCUT2D eigenvalue weighted by atomic mass is 16.5. The molecule has 4 nitrogen and oxygen atoms in total. The molecule has 1 aromatic carbocycles. The number of carbonyl (C=O) groups is 1. The summed E-state index contributed by atoms with van der Waals surface area (Å²) in [6.07, 6.45) is 2.25. The first-order valence-electron chi connectivity index (χ1n) is 8.60. The number of carbonyl (C=O) groups excluding carboxylic acids is 1. The summed E-state index contributed by atoms with van der Waals surface area (Å²) in [6.45, 7) is 8.26. The molecule has 1 heterocycles. The first kappa shape index (κ1) is 16.6. The maximum atomic E-state index is 13.1. The zero-order valence-corrected chi connectivity index (χ0v) is 15.2. The standard InChI is InChI=1S/C20H26N2O2/c1-13(2)21(16-6-7-16)20(23)19-12-14(3)22(15(19)4)17-8-10-18(24-5)11-9-17/h8-13,16H,6-7H2,1-5H3. The Bertz CT molecular complexity index is 738. The van der Waals surface area contributed by atoms with Crippen LogP contribution in [-0.4, -0.2) is 34.6 Å². The second kappa shape index (κ2) is 6.34. The maximum Gasteiger partial charge on any atom is 0.256 e. The molecule has 4 heteroatoms. The third-order valence-corrected chi connectivity index (χ3v) is 4.72. The number of amides is 1. The summed E-state index contributed by atoms with van der Waals surface area (Å²) in [5.74, 6) is 0.984. The van der Waals surface area contributed by atoms with Gasteiger partial charge in [-0.25, -0.2) is 0 Å². The van der Waals surface area contributed by atoms with E-state index in [9.17, 15) is 4.79 Å². The van der Waals surface area contributed by atoms with Crippen LogP contribution >= 0.6 is 0 Å². The van der Waals surface area contributed by atoms with Crippen molar-refractivity contribution in [3.05, 3.63) is 47.3 Å². The summed E-state index contributed by atoms with van der Waals surface area (Å²) < 4.78 is 7.37. The lowest BCUT2D eigenvalue weighted by atomic mass is 10.2. The number of hydrogen-bond acceptors (Lipinski definition) is 2. The van der Waals surface area contributed by atoms with E-state index in [0.717, 1.165) is 41.2 Å². The lowest BCUT2D eigenvalue weighted by molar-refractivity contribution is 0.0689. The minimum absolute atomic E-state index is 0.153. The van der Waals surface area contributed by atoms with Crippen molar-refractivity contribution in [2.24, 2.45) is 0 Å². The highest BCUT2D eigenvalue weighted by Crippen LogP contribution is 2.32. The molecule has 1 aromatic heterocycles. The van der Waals surface area contributed by atoms with Crippen molar-refractivity contribution in [2.75, 3.05) is 7.11 Å². The molecule has 1 aliphatic carbocycles. The van der Waals surface area contributed by atoms with E-state index in [1.807, 2.05) is 49.1 Å². The third-order valence-electron chi connectivity index (χ3n) is 4.72. The number of rotatable bonds is 5. The number of methoxy groups -OCH3 is 1. The molecule has 1 amide bonds. The summed E-state index contributed by atoms with van der Waals surface area (Å²) in [4.78, 5) is 15.1. The molecule has 0 radical (unpaired) electrons. The third kappa shape index (κ3) is 2.93. The maximum absolute atomic E-state index is 13.1. The van der Waals surface area contributed by atoms with Gasteiger partial charge in [0.15, 0.2) is 0 Å². The van der Waals surface area contributed by atoms with Gasteiger partial charge >= 0.3 is 0 Å². The molecule has 1 fully saturated rings. The second-order valence-corrected chi connectivity index (χ2v) is 6.86. The number of benzene rings is 1. The minimum Gasteiger partial charge on any atom is -0.497 e. The van der Waals surface area contributed by atoms with E-state index < -0.39 is 0 Å². The molecule has 0 atom stereocenters. The Kier molecular flexibility index (Phi) is 4.39. The van der Waals surface area contributed by atoms with Crippen LogP contribution in [0, 0.1) is 13.8 Å². The molecule has 1 aliphatic rings. The molecule has 0 bridgehead atoms. The summed E-state index contributed by atoms with van der Waals surface area (Å²) in [7, 11) is 1.66. The quantitative estimate of drug-likeness (QED) is 0.828. The van der Waals surface area contributed by atoms with Crippen molar-refractivity contribution in [1.29, 1.82) is 0 Å². The zero-order chi connectivity index (χ0) is 17.4. The van der Waals surface area contributed by atoms with Gasteiger partial charge in [-0.15, -0.1) is 0 Å². The van der Waals surface area contributed by atoms with Crippen LogP contribution in [0.4, 0.5) is 0 Å². The molecule has 0 unspecified atom stereocenters. The van der Waals surface area contributed by atoms with Gasteiger partial charge in [-0.05, 0) is 70.9 Å². The van der Waals surface area contributed by atoms with E-state index in [-0.39, 0.29) is 11.9 Å². The van der Waals surface area contributed by atoms with Crippen LogP contribution in [0.5, 0.6) is 5.75 Å². The minimum atomic E-state index is 0.153. The molecule has 1 saturated carbocycles. The molecule has 2 aromatic rings. The number of hydrogen-bond donors (Lipinski definition) is 0. The fourth-order valence-corrected chi connectivity index (χ4v) is 3.42. The van der Waals surface area contributed by atoms with E-state index in [4.69, 9.17) is 4.74 Å². The van der Waals surface area contributed by atoms with E-state index in [1.54, 1.807) is 7.11 Å². The number of nitrogens with zero attached hydrogens (tertiary/aromatic N) is 2. The molecular formula is C20H26N2O2. The Morgan fingerprint density at radius 3 is 2.33 bits per heavy atom. The fraction of sp³-hybridized carbons (Fsp3) is 0.450. The predicted molar refractivity (Wildman–Crippen MR) is 96.1 cm³/mol. The largest absolute Gasteiger partial charge is 0.497 e. The Hall–Kier alpha value is -2.23. The molecule has 0 aliphatic heterocycles. The topological polar surface area (TPSA) is 34.5 Å². The molecule has 24 heavy (non-hydrogen) atoms. The van der Waals surface area contributed by atoms with Gasteiger partial charge in [0.05, 0.1) is 12.7 Å². The van der Waals surface area contributed by atoms with Crippen molar-refractivity contribution in [2.45, 2.75) is 52.6 Å². The van der Waals surface area contributed by atoms with Gasteiger partial charge < -0.3 is 14.2 Å². The van der Waals surface area contributed by atoms with Gasteiger partial charge in [0.25, 0.3) is 5.91 Å². The SMILES string of the molecule is COc1ccc(-n2c(C)cc(C(=O)N(C(C)C)C3CC3)c2C)cc1. The molecule has 3 rings (SSSR count). The first-order valence-corrected chi connectivity index (χ1v) is 8.60. The summed E-state index contributed by atoms with van der Waals surface area (Å²) in [6, 6.07) is 10.6. The van der Waals surface area contributed by atoms with Crippen LogP contribution in [-0.2, 0) is 0 Å². The highest BCUT2D eigenvalue weighted by Gasteiger charge is 2.35. The van der Waals surface area contributed by atoms with E-state index in [2.05, 4.69) is 18.4 Å². The lowest BCUT2D eigenvalue weighted by Gasteiger charge is -2.26. The van der Waals surface area contributed by atoms with Crippen LogP contribution in [0.3, 0.4) is 0 Å². The van der Waals surface area contributed by atoms with Gasteiger partial charge in [-0.2, -0.15) is 0 Å². The first-order chi connectivity index (χ1) is 11.4. The van der Waals surface area contributed by atoms with Crippen molar-refractivity contribution >= 4 is 5.91 Å². The monoisotopic (exact) mass is 326 g/mol. The lowest BCUT2D eigenvalue weighted by Crippen LogP contribution is -2.38. The van der Waals surface area contributed by atoms with Crippen LogP contribution in [0.25, 0.3) is 5.69 Å². The summed E-state index contributed by atoms with van der Waals surface area (Å²) in [5.41, 5.74) is 3.92. The Balaban J connectivity index is 1.97. The smallest absolute Gasteiger partial charge is 0.256 e. The average molecular weight is 326 g/mol. The molecule has 0 spiro atoms. The van der Waals surface area contributed by atoms with Crippen molar-refractivity contribution < 1.29 is 9.53 Å². The predicted octanol–water partition coefficient (Wildman–Crippen LogP) is 4.12. The van der Waals surface area contributed by atoms with Crippen molar-refractivity contribution in [3.8, 4) is 11.4 Å². The van der Waals surface area contributed by atoms with Gasteiger partial charge in [0.1, 0.15) is 5.75 Å². The normalized spacial score (nSPS) is 14.1. The van der Waals surface area contributed by atoms with Crippen LogP contribution in [0.15, 0.2) is 30.3 Å². The van der Waals surface area contributed by atoms with E-state index in [1.165, 1.54) is 0 Å². The molecule has 0 N–H and O–H groups in total. The summed E-state index contributed by atoms with van der Waals surface area (Å²) in [5, 5.41) is 0. The van der Waals surface area contributed by atoms with Gasteiger partial charge in [-0.1, -0.05) is 0 Å². The zero-order valence-electron chi connectivity index (χ0n) is 15.2. The molecule has 128 valence electrons. The van der Waals surface area contributed by atoms with Crippen molar-refractivity contribution in [1.82, 2.24) is 9.47 Å². The number of aromatic nitrogens is 1. The van der Waals surface area contributed by atoms with Gasteiger partial charge in [0, 0.05) is 29.2 Å². The molecule has 0 saturated heterocycles. The van der Waals surface area contributed by atoms with Crippen LogP contribution in [0.1, 0.15) is 48.4 Å². The van der Waals surface area contributed by atoms with Crippen LogP contribution < -0.4 is 4.74 Å². The second-order valence-electron chi connectivity index (χ2n) is 6.86. The van der Waals surface area contributed by atoms with Crippen molar-refractivity contribution in [3.63, 3.8) is 0 Å². The van der Waals surface area contributed by atoms with E-state index >= 15 is 0 Å². The Morgan fingerprint density at radius 2 is 1.83 bits per heavy atom. The Labute approximate surface area is 144 Å². The summed E-state index contributed by atoms with van der Waals surface area (Å²) >= 11 is 0. The van der Waals surface area contributed by atoms with Crippen LogP contribution in [0.2, 0.25) is 0 Å². The number of ether oxygens (including phenoxy) is 1. The molecular weight excluding hydrogens is 300 g/mol. The van der Waals surface area contributed by atoms with E-state index in [0.29, 0.717) is 6.04 Å². The highest BCUT2D eigenvalue weighted by molar-refractivity contribution is 5.96. The number of aryl methyl sites for hydroxylation is 1. The van der Waals surface area contributed by atoms with Gasteiger partial charge in [-0.3, -0.25) is 4.79 Å².